The van der Waals surface area contributed by atoms with Crippen molar-refractivity contribution in [1.29, 1.82) is 0 Å². The van der Waals surface area contributed by atoms with E-state index in [-0.39, 0.29) is 17.5 Å². The lowest BCUT2D eigenvalue weighted by Gasteiger charge is -2.14. The molecule has 0 fully saturated rings. The molecule has 0 saturated heterocycles. The summed E-state index contributed by atoms with van der Waals surface area (Å²) in [4.78, 5) is 0.646. The van der Waals surface area contributed by atoms with E-state index in [1.54, 1.807) is 19.2 Å². The van der Waals surface area contributed by atoms with Crippen LogP contribution in [0.2, 0.25) is 0 Å². The second-order valence-corrected chi connectivity index (χ2v) is 6.42. The molecule has 0 aliphatic rings. The van der Waals surface area contributed by atoms with Gasteiger partial charge in [0.05, 0.1) is 18.1 Å². The van der Waals surface area contributed by atoms with Gasteiger partial charge in [-0.2, -0.15) is 0 Å². The minimum absolute atomic E-state index is 0.188. The van der Waals surface area contributed by atoms with Crippen LogP contribution in [0.5, 0.6) is 0 Å². The highest BCUT2D eigenvalue weighted by Crippen LogP contribution is 2.26. The first-order valence-corrected chi connectivity index (χ1v) is 7.47. The molecule has 0 radical (unpaired) electrons. The zero-order valence-corrected chi connectivity index (χ0v) is 11.7. The fraction of sp³-hybridized carbons (Fsp3) is 0.600. The zero-order valence-electron chi connectivity index (χ0n) is 10.1. The molecular weight excluding hydrogens is 262 g/mol. The van der Waals surface area contributed by atoms with E-state index >= 15 is 0 Å². The molecule has 17 heavy (non-hydrogen) atoms. The zero-order chi connectivity index (χ0) is 13.1. The molecule has 1 aromatic heterocycles. The van der Waals surface area contributed by atoms with E-state index in [1.807, 2.05) is 0 Å². The summed E-state index contributed by atoms with van der Waals surface area (Å²) in [6, 6.07) is -0.309. The minimum Gasteiger partial charge on any atom is -0.391 e. The van der Waals surface area contributed by atoms with Gasteiger partial charge in [-0.05, 0) is 24.8 Å². The third-order valence-electron chi connectivity index (χ3n) is 2.17. The molecule has 0 saturated carbocycles. The van der Waals surface area contributed by atoms with Gasteiger partial charge in [0, 0.05) is 13.2 Å². The van der Waals surface area contributed by atoms with Gasteiger partial charge in [0.25, 0.3) is 0 Å². The van der Waals surface area contributed by atoms with Crippen molar-refractivity contribution in [2.24, 2.45) is 0 Å². The Morgan fingerprint density at radius 2 is 2.24 bits per heavy atom. The maximum Gasteiger partial charge on any atom is 0.242 e. The van der Waals surface area contributed by atoms with E-state index in [0.717, 1.165) is 0 Å². The van der Waals surface area contributed by atoms with Crippen molar-refractivity contribution in [2.45, 2.75) is 31.4 Å². The Morgan fingerprint density at radius 1 is 1.59 bits per heavy atom. The topological polar surface area (TPSA) is 75.6 Å². The van der Waals surface area contributed by atoms with E-state index in [9.17, 15) is 8.42 Å². The molecule has 0 aliphatic carbocycles. The molecule has 1 rings (SSSR count). The van der Waals surface area contributed by atoms with Crippen molar-refractivity contribution < 1.29 is 18.3 Å². The smallest absolute Gasteiger partial charge is 0.242 e. The predicted octanol–water partition coefficient (Wildman–Crippen LogP) is 0.862. The van der Waals surface area contributed by atoms with Crippen molar-refractivity contribution in [3.05, 3.63) is 15.8 Å². The van der Waals surface area contributed by atoms with Gasteiger partial charge in [0.2, 0.25) is 10.0 Å². The van der Waals surface area contributed by atoms with Gasteiger partial charge in [-0.1, -0.05) is 0 Å². The Balaban J connectivity index is 3.00. The van der Waals surface area contributed by atoms with Gasteiger partial charge in [0.15, 0.2) is 0 Å². The summed E-state index contributed by atoms with van der Waals surface area (Å²) in [5.41, 5.74) is 0.649. The summed E-state index contributed by atoms with van der Waals surface area (Å²) < 4.78 is 31.6. The highest BCUT2D eigenvalue weighted by Gasteiger charge is 2.24. The maximum absolute atomic E-state index is 12.1. The lowest BCUT2D eigenvalue weighted by atomic mass is 10.3. The van der Waals surface area contributed by atoms with Crippen molar-refractivity contribution in [2.75, 3.05) is 13.7 Å². The second kappa shape index (κ2) is 5.92. The Morgan fingerprint density at radius 3 is 2.76 bits per heavy atom. The molecule has 1 heterocycles. The Kier molecular flexibility index (Phi) is 5.08. The van der Waals surface area contributed by atoms with Crippen LogP contribution >= 0.6 is 11.3 Å². The molecule has 1 aromatic rings. The lowest BCUT2D eigenvalue weighted by Crippen LogP contribution is -2.36. The normalized spacial score (nSPS) is 13.9. The van der Waals surface area contributed by atoms with Gasteiger partial charge >= 0.3 is 0 Å². The van der Waals surface area contributed by atoms with Crippen molar-refractivity contribution >= 4 is 21.4 Å². The first-order valence-electron chi connectivity index (χ1n) is 5.11. The molecule has 2 N–H and O–H groups in total. The van der Waals surface area contributed by atoms with Crippen LogP contribution in [0.25, 0.3) is 0 Å². The summed E-state index contributed by atoms with van der Waals surface area (Å²) in [6.45, 7) is 3.47. The van der Waals surface area contributed by atoms with Crippen LogP contribution in [-0.2, 0) is 21.4 Å². The quantitative estimate of drug-likeness (QED) is 0.810. The fourth-order valence-corrected chi connectivity index (χ4v) is 4.46. The van der Waals surface area contributed by atoms with Crippen molar-refractivity contribution in [3.8, 4) is 0 Å². The summed E-state index contributed by atoms with van der Waals surface area (Å²) >= 11 is 1.24. The Hall–Kier alpha value is -0.470. The molecule has 0 spiro atoms. The summed E-state index contributed by atoms with van der Waals surface area (Å²) in [5, 5.41) is 10.8. The fourth-order valence-electron chi connectivity index (χ4n) is 1.57. The van der Waals surface area contributed by atoms with Crippen LogP contribution in [0, 0.1) is 6.92 Å². The second-order valence-electron chi connectivity index (χ2n) is 3.81. The van der Waals surface area contributed by atoms with Gasteiger partial charge in [0.1, 0.15) is 4.90 Å². The molecule has 0 amide bonds. The molecule has 0 aliphatic heterocycles. The van der Waals surface area contributed by atoms with Crippen molar-refractivity contribution in [1.82, 2.24) is 4.72 Å². The largest absolute Gasteiger partial charge is 0.391 e. The van der Waals surface area contributed by atoms with Crippen LogP contribution < -0.4 is 4.72 Å². The Labute approximate surface area is 105 Å². The van der Waals surface area contributed by atoms with Gasteiger partial charge < -0.3 is 9.84 Å². The summed E-state index contributed by atoms with van der Waals surface area (Å²) in [6.07, 6.45) is 0. The van der Waals surface area contributed by atoms with Crippen LogP contribution in [-0.4, -0.2) is 33.3 Å². The minimum atomic E-state index is -3.59. The number of thiophene rings is 1. The van der Waals surface area contributed by atoms with E-state index in [2.05, 4.69) is 4.72 Å². The van der Waals surface area contributed by atoms with E-state index < -0.39 is 10.0 Å². The van der Waals surface area contributed by atoms with E-state index in [0.29, 0.717) is 17.0 Å². The van der Waals surface area contributed by atoms with Gasteiger partial charge in [-0.3, -0.25) is 0 Å². The average Bonchev–Trinajstić information content (AvgIpc) is 2.59. The lowest BCUT2D eigenvalue weighted by molar-refractivity contribution is 0.180. The highest BCUT2D eigenvalue weighted by atomic mass is 32.2. The van der Waals surface area contributed by atoms with Gasteiger partial charge in [-0.25, -0.2) is 13.1 Å². The first-order chi connectivity index (χ1) is 7.92. The third kappa shape index (κ3) is 3.49. The number of nitrogens with one attached hydrogen (secondary N) is 1. The number of hydrogen-bond donors (Lipinski definition) is 2. The SMILES string of the molecule is COCC(C)NS(=O)(=O)c1c(C)csc1CO. The molecule has 7 heteroatoms. The highest BCUT2D eigenvalue weighted by molar-refractivity contribution is 7.89. The predicted molar refractivity (Wildman–Crippen MR) is 66.6 cm³/mol. The number of hydrogen-bond acceptors (Lipinski definition) is 5. The van der Waals surface area contributed by atoms with E-state index in [4.69, 9.17) is 9.84 Å². The number of aryl methyl sites for hydroxylation is 1. The Bertz CT molecular complexity index is 467. The molecule has 1 unspecified atom stereocenters. The summed E-state index contributed by atoms with van der Waals surface area (Å²) in [5.74, 6) is 0. The number of aliphatic hydroxyl groups is 1. The molecule has 1 atom stereocenters. The first kappa shape index (κ1) is 14.6. The molecule has 0 bridgehead atoms. The standard InChI is InChI=1S/C10H17NO4S2/c1-7-6-16-9(4-12)10(7)17(13,14)11-8(2)5-15-3/h6,8,11-12H,4-5H2,1-3H3. The van der Waals surface area contributed by atoms with Crippen LogP contribution in [0.4, 0.5) is 0 Å². The monoisotopic (exact) mass is 279 g/mol. The van der Waals surface area contributed by atoms with E-state index in [1.165, 1.54) is 18.4 Å². The molecule has 98 valence electrons. The summed E-state index contributed by atoms with van der Waals surface area (Å²) in [7, 11) is -2.08. The number of sulfonamides is 1. The number of rotatable bonds is 6. The third-order valence-corrected chi connectivity index (χ3v) is 5.21. The number of ether oxygens (including phenoxy) is 1. The molecule has 0 aromatic carbocycles. The van der Waals surface area contributed by atoms with Crippen LogP contribution in [0.15, 0.2) is 10.3 Å². The average molecular weight is 279 g/mol. The maximum atomic E-state index is 12.1. The molecular formula is C10H17NO4S2. The van der Waals surface area contributed by atoms with Gasteiger partial charge in [-0.15, -0.1) is 11.3 Å². The van der Waals surface area contributed by atoms with Crippen LogP contribution in [0.1, 0.15) is 17.4 Å². The number of methoxy groups -OCH3 is 1. The number of aliphatic hydroxyl groups excluding tert-OH is 1. The molecule has 5 nitrogen and oxygen atoms in total. The van der Waals surface area contributed by atoms with Crippen molar-refractivity contribution in [3.63, 3.8) is 0 Å². The van der Waals surface area contributed by atoms with Crippen LogP contribution in [0.3, 0.4) is 0 Å².